The number of hydrogen-bond donors (Lipinski definition) is 0. The molecule has 0 N–H and O–H groups in total. The zero-order valence-corrected chi connectivity index (χ0v) is 16.1. The van der Waals surface area contributed by atoms with Crippen molar-refractivity contribution in [3.05, 3.63) is 69.8 Å². The van der Waals surface area contributed by atoms with Crippen molar-refractivity contribution < 1.29 is 8.78 Å². The topological polar surface area (TPSA) is 56.5 Å². The Morgan fingerprint density at radius 3 is 2.59 bits per heavy atom. The van der Waals surface area contributed by atoms with Crippen LogP contribution in [0.5, 0.6) is 0 Å². The first kappa shape index (κ1) is 17.7. The van der Waals surface area contributed by atoms with Crippen molar-refractivity contribution in [3.63, 3.8) is 0 Å². The van der Waals surface area contributed by atoms with E-state index in [0.29, 0.717) is 39.4 Å². The molecule has 0 radical (unpaired) electrons. The molecule has 0 bridgehead atoms. The average molecular weight is 430 g/mol. The SMILES string of the molecule is Cc1nc(C)c2nc(-c3cncc(F)c3)n(Cc3ccc(Br)c(F)c3)c2n1. The quantitative estimate of drug-likeness (QED) is 0.477. The molecule has 0 aliphatic heterocycles. The molecule has 4 rings (SSSR count). The number of fused-ring (bicyclic) bond motifs is 1. The molecule has 4 aromatic rings. The van der Waals surface area contributed by atoms with Gasteiger partial charge in [-0.3, -0.25) is 4.98 Å². The smallest absolute Gasteiger partial charge is 0.164 e. The third-order valence-electron chi connectivity index (χ3n) is 4.17. The van der Waals surface area contributed by atoms with Gasteiger partial charge in [0.15, 0.2) is 5.65 Å². The molecule has 0 fully saturated rings. The van der Waals surface area contributed by atoms with E-state index < -0.39 is 5.82 Å². The van der Waals surface area contributed by atoms with Crippen molar-refractivity contribution in [1.82, 2.24) is 24.5 Å². The molecule has 3 heterocycles. The van der Waals surface area contributed by atoms with Crippen LogP contribution >= 0.6 is 15.9 Å². The number of imidazole rings is 1. The molecule has 0 saturated heterocycles. The number of nitrogens with zero attached hydrogens (tertiary/aromatic N) is 5. The summed E-state index contributed by atoms with van der Waals surface area (Å²) < 4.78 is 29.9. The summed E-state index contributed by atoms with van der Waals surface area (Å²) in [5.41, 5.74) is 3.21. The highest BCUT2D eigenvalue weighted by Crippen LogP contribution is 2.27. The third-order valence-corrected chi connectivity index (χ3v) is 4.81. The molecular formula is C19H14BrF2N5. The van der Waals surface area contributed by atoms with Crippen molar-refractivity contribution in [2.45, 2.75) is 20.4 Å². The zero-order valence-electron chi connectivity index (χ0n) is 14.5. The Balaban J connectivity index is 1.95. The second kappa shape index (κ2) is 6.77. The summed E-state index contributed by atoms with van der Waals surface area (Å²) in [6.07, 6.45) is 2.67. The minimum atomic E-state index is -0.459. The summed E-state index contributed by atoms with van der Waals surface area (Å²) in [5, 5.41) is 0. The van der Waals surface area contributed by atoms with Crippen LogP contribution in [0.3, 0.4) is 0 Å². The highest BCUT2D eigenvalue weighted by atomic mass is 79.9. The van der Waals surface area contributed by atoms with E-state index >= 15 is 0 Å². The fourth-order valence-electron chi connectivity index (χ4n) is 3.00. The normalized spacial score (nSPS) is 11.3. The molecule has 0 aliphatic rings. The number of hydrogen-bond acceptors (Lipinski definition) is 4. The molecule has 0 aliphatic carbocycles. The molecule has 136 valence electrons. The Morgan fingerprint density at radius 1 is 1.04 bits per heavy atom. The molecule has 5 nitrogen and oxygen atoms in total. The third kappa shape index (κ3) is 3.32. The lowest BCUT2D eigenvalue weighted by Gasteiger charge is -2.10. The molecule has 1 aromatic carbocycles. The van der Waals surface area contributed by atoms with Gasteiger partial charge in [-0.1, -0.05) is 6.07 Å². The van der Waals surface area contributed by atoms with Crippen molar-refractivity contribution >= 4 is 27.1 Å². The van der Waals surface area contributed by atoms with Crippen LogP contribution < -0.4 is 0 Å². The van der Waals surface area contributed by atoms with Crippen LogP contribution in [0.15, 0.2) is 41.1 Å². The molecule has 0 unspecified atom stereocenters. The van der Waals surface area contributed by atoms with Gasteiger partial charge in [-0.25, -0.2) is 23.7 Å². The van der Waals surface area contributed by atoms with Gasteiger partial charge in [-0.05, 0) is 53.5 Å². The number of aromatic nitrogens is 5. The Kier molecular flexibility index (Phi) is 4.43. The number of pyridine rings is 1. The first-order valence-corrected chi connectivity index (χ1v) is 8.98. The zero-order chi connectivity index (χ0) is 19.1. The molecule has 8 heteroatoms. The van der Waals surface area contributed by atoms with E-state index in [2.05, 4.69) is 35.9 Å². The van der Waals surface area contributed by atoms with Gasteiger partial charge in [-0.2, -0.15) is 0 Å². The van der Waals surface area contributed by atoms with Gasteiger partial charge in [0.1, 0.15) is 28.8 Å². The minimum absolute atomic E-state index is 0.322. The van der Waals surface area contributed by atoms with E-state index in [4.69, 9.17) is 0 Å². The van der Waals surface area contributed by atoms with Gasteiger partial charge < -0.3 is 4.57 Å². The fourth-order valence-corrected chi connectivity index (χ4v) is 3.25. The van der Waals surface area contributed by atoms with Gasteiger partial charge in [0.25, 0.3) is 0 Å². The van der Waals surface area contributed by atoms with E-state index in [-0.39, 0.29) is 5.82 Å². The summed E-state index contributed by atoms with van der Waals surface area (Å²) in [5.74, 6) is 0.294. The largest absolute Gasteiger partial charge is 0.304 e. The number of benzene rings is 1. The number of aryl methyl sites for hydroxylation is 2. The molecule has 3 aromatic heterocycles. The fraction of sp³-hybridized carbons (Fsp3) is 0.158. The Bertz CT molecular complexity index is 1170. The van der Waals surface area contributed by atoms with E-state index in [1.54, 1.807) is 19.2 Å². The average Bonchev–Trinajstić information content (AvgIpc) is 2.97. The maximum absolute atomic E-state index is 14.0. The molecule has 0 saturated carbocycles. The molecule has 27 heavy (non-hydrogen) atoms. The molecule has 0 spiro atoms. The van der Waals surface area contributed by atoms with Gasteiger partial charge in [0, 0.05) is 11.8 Å². The Labute approximate surface area is 162 Å². The lowest BCUT2D eigenvalue weighted by atomic mass is 10.2. The molecule has 0 atom stereocenters. The van der Waals surface area contributed by atoms with Crippen LogP contribution in [0.25, 0.3) is 22.6 Å². The monoisotopic (exact) mass is 429 g/mol. The Hall–Kier alpha value is -2.74. The van der Waals surface area contributed by atoms with Crippen molar-refractivity contribution in [2.75, 3.05) is 0 Å². The first-order valence-electron chi connectivity index (χ1n) is 8.18. The van der Waals surface area contributed by atoms with Crippen molar-refractivity contribution in [2.24, 2.45) is 0 Å². The van der Waals surface area contributed by atoms with E-state index in [1.165, 1.54) is 12.1 Å². The summed E-state index contributed by atoms with van der Waals surface area (Å²) in [6, 6.07) is 6.28. The summed E-state index contributed by atoms with van der Waals surface area (Å²) in [4.78, 5) is 17.4. The van der Waals surface area contributed by atoms with E-state index in [0.717, 1.165) is 17.5 Å². The van der Waals surface area contributed by atoms with Crippen LogP contribution in [-0.4, -0.2) is 24.5 Å². The number of halogens is 3. The number of rotatable bonds is 3. The lowest BCUT2D eigenvalue weighted by molar-refractivity contribution is 0.617. The first-order chi connectivity index (χ1) is 12.9. The lowest BCUT2D eigenvalue weighted by Crippen LogP contribution is -2.05. The summed E-state index contributed by atoms with van der Waals surface area (Å²) >= 11 is 3.16. The summed E-state index contributed by atoms with van der Waals surface area (Å²) in [6.45, 7) is 3.97. The highest BCUT2D eigenvalue weighted by molar-refractivity contribution is 9.10. The molecule has 0 amide bonds. The maximum atomic E-state index is 14.0. The van der Waals surface area contributed by atoms with Crippen LogP contribution in [-0.2, 0) is 6.54 Å². The van der Waals surface area contributed by atoms with Gasteiger partial charge in [0.05, 0.1) is 22.9 Å². The van der Waals surface area contributed by atoms with Crippen LogP contribution in [0.1, 0.15) is 17.1 Å². The highest BCUT2D eigenvalue weighted by Gasteiger charge is 2.18. The maximum Gasteiger partial charge on any atom is 0.164 e. The van der Waals surface area contributed by atoms with E-state index in [1.807, 2.05) is 17.6 Å². The molecular weight excluding hydrogens is 416 g/mol. The second-order valence-electron chi connectivity index (χ2n) is 6.19. The van der Waals surface area contributed by atoms with Crippen LogP contribution in [0.2, 0.25) is 0 Å². The van der Waals surface area contributed by atoms with Gasteiger partial charge in [-0.15, -0.1) is 0 Å². The minimum Gasteiger partial charge on any atom is -0.304 e. The summed E-state index contributed by atoms with van der Waals surface area (Å²) in [7, 11) is 0. The standard InChI is InChI=1S/C19H14BrF2N5/c1-10-17-19(25-11(2)24-10)27(9-12-3-4-15(20)16(22)5-12)18(26-17)13-6-14(21)8-23-7-13/h3-8H,9H2,1-2H3. The van der Waals surface area contributed by atoms with Crippen LogP contribution in [0.4, 0.5) is 8.78 Å². The van der Waals surface area contributed by atoms with Gasteiger partial charge in [0.2, 0.25) is 0 Å². The van der Waals surface area contributed by atoms with E-state index in [9.17, 15) is 8.78 Å². The predicted molar refractivity (Wildman–Crippen MR) is 101 cm³/mol. The second-order valence-corrected chi connectivity index (χ2v) is 7.04. The van der Waals surface area contributed by atoms with Crippen LogP contribution in [0, 0.1) is 25.5 Å². The van der Waals surface area contributed by atoms with Gasteiger partial charge >= 0.3 is 0 Å². The van der Waals surface area contributed by atoms with Crippen molar-refractivity contribution in [1.29, 1.82) is 0 Å². The Morgan fingerprint density at radius 2 is 1.85 bits per heavy atom. The predicted octanol–water partition coefficient (Wildman–Crippen LogP) is 4.59. The van der Waals surface area contributed by atoms with Crippen molar-refractivity contribution in [3.8, 4) is 11.4 Å².